The maximum Gasteiger partial charge on any atom is 0.411 e. The third-order valence-electron chi connectivity index (χ3n) is 9.45. The number of benzene rings is 2. The Morgan fingerprint density at radius 1 is 1.09 bits per heavy atom. The van der Waals surface area contributed by atoms with Gasteiger partial charge in [0.2, 0.25) is 0 Å². The molecule has 2 aromatic carbocycles. The van der Waals surface area contributed by atoms with Crippen LogP contribution in [0.3, 0.4) is 0 Å². The molecule has 2 aromatic rings. The Bertz CT molecular complexity index is 1330. The lowest BCUT2D eigenvalue weighted by molar-refractivity contribution is -0.128. The molecule has 0 aromatic heterocycles. The molecule has 11 heteroatoms. The van der Waals surface area contributed by atoms with Crippen LogP contribution in [-0.4, -0.2) is 96.0 Å². The molecule has 232 valence electrons. The molecule has 1 N–H and O–H groups in total. The van der Waals surface area contributed by atoms with Gasteiger partial charge in [0.05, 0.1) is 0 Å². The van der Waals surface area contributed by atoms with Crippen molar-refractivity contribution in [3.8, 4) is 0 Å². The number of aldehydes is 1. The normalized spacial score (nSPS) is 23.5. The molecule has 0 radical (unpaired) electrons. The number of ether oxygens (including phenoxy) is 1. The van der Waals surface area contributed by atoms with E-state index in [-0.39, 0.29) is 25.1 Å². The van der Waals surface area contributed by atoms with Crippen molar-refractivity contribution in [1.82, 2.24) is 19.6 Å². The lowest BCUT2D eigenvalue weighted by Crippen LogP contribution is -2.69. The maximum atomic E-state index is 13.9. The van der Waals surface area contributed by atoms with Crippen LogP contribution in [0.15, 0.2) is 45.3 Å². The second-order valence-corrected chi connectivity index (χ2v) is 13.8. The van der Waals surface area contributed by atoms with E-state index < -0.39 is 11.8 Å². The Morgan fingerprint density at radius 2 is 1.79 bits per heavy atom. The zero-order chi connectivity index (χ0) is 30.7. The molecule has 2 atom stereocenters. The summed E-state index contributed by atoms with van der Waals surface area (Å²) in [6, 6.07) is 12.0. The van der Waals surface area contributed by atoms with Crippen molar-refractivity contribution in [2.45, 2.75) is 69.8 Å². The van der Waals surface area contributed by atoms with Crippen LogP contribution >= 0.6 is 31.9 Å². The number of anilines is 1. The van der Waals surface area contributed by atoms with E-state index in [0.717, 1.165) is 70.0 Å². The summed E-state index contributed by atoms with van der Waals surface area (Å²) in [5.74, 6) is 0. The molecule has 0 bridgehead atoms. The van der Waals surface area contributed by atoms with Crippen LogP contribution in [0.1, 0.15) is 48.8 Å². The number of urea groups is 1. The van der Waals surface area contributed by atoms with Gasteiger partial charge >= 0.3 is 12.1 Å². The predicted molar refractivity (Wildman–Crippen MR) is 174 cm³/mol. The molecule has 0 spiro atoms. The molecule has 5 rings (SSSR count). The summed E-state index contributed by atoms with van der Waals surface area (Å²) in [7, 11) is 4.19. The smallest absolute Gasteiger partial charge is 0.411 e. The van der Waals surface area contributed by atoms with E-state index >= 15 is 0 Å². The van der Waals surface area contributed by atoms with Crippen LogP contribution in [0.25, 0.3) is 0 Å². The van der Waals surface area contributed by atoms with Crippen LogP contribution in [0.2, 0.25) is 0 Å². The van der Waals surface area contributed by atoms with Crippen molar-refractivity contribution in [3.63, 3.8) is 0 Å². The van der Waals surface area contributed by atoms with E-state index in [1.54, 1.807) is 4.90 Å². The van der Waals surface area contributed by atoms with Crippen molar-refractivity contribution in [3.05, 3.63) is 62.0 Å². The number of likely N-dealkylation sites (tertiary alicyclic amines) is 2. The highest BCUT2D eigenvalue weighted by atomic mass is 79.9. The van der Waals surface area contributed by atoms with Crippen LogP contribution in [0.4, 0.5) is 15.3 Å². The highest BCUT2D eigenvalue weighted by Crippen LogP contribution is 2.40. The second kappa shape index (κ2) is 13.7. The number of rotatable bonds is 7. The number of nitrogens with zero attached hydrogens (tertiary/aromatic N) is 4. The van der Waals surface area contributed by atoms with Gasteiger partial charge in [0.15, 0.2) is 0 Å². The van der Waals surface area contributed by atoms with Gasteiger partial charge in [-0.1, -0.05) is 50.1 Å². The Balaban J connectivity index is 1.41. The number of nitrogens with one attached hydrogen (secondary N) is 1. The van der Waals surface area contributed by atoms with Crippen molar-refractivity contribution >= 4 is 56.0 Å². The zero-order valence-electron chi connectivity index (χ0n) is 25.2. The Labute approximate surface area is 271 Å². The number of hydrogen-bond acceptors (Lipinski definition) is 6. The summed E-state index contributed by atoms with van der Waals surface area (Å²) in [6.45, 7) is 4.59. The molecule has 2 fully saturated rings. The molecule has 3 heterocycles. The predicted octanol–water partition coefficient (Wildman–Crippen LogP) is 6.02. The monoisotopic (exact) mass is 717 g/mol. The van der Waals surface area contributed by atoms with Crippen LogP contribution < -0.4 is 5.32 Å². The molecule has 0 saturated carbocycles. The van der Waals surface area contributed by atoms with Crippen molar-refractivity contribution in [2.24, 2.45) is 0 Å². The number of carbonyl (C=O) groups excluding carboxylic acids is 3. The van der Waals surface area contributed by atoms with Crippen molar-refractivity contribution in [1.29, 1.82) is 0 Å². The number of halogens is 2. The SMILES string of the molecule is Cc1c(Br)cc(COC(=O)N2CC[C@@H](N3CCc4ccccc4NC3=O)C[C@@]2(CC=O)N2CCC(N(C)C)CC2)cc1Br. The van der Waals surface area contributed by atoms with Crippen molar-refractivity contribution < 1.29 is 19.1 Å². The first-order valence-corrected chi connectivity index (χ1v) is 16.6. The molecule has 2 saturated heterocycles. The van der Waals surface area contributed by atoms with E-state index in [9.17, 15) is 14.4 Å². The quantitative estimate of drug-likeness (QED) is 0.353. The summed E-state index contributed by atoms with van der Waals surface area (Å²) in [5, 5.41) is 3.10. The zero-order valence-corrected chi connectivity index (χ0v) is 28.3. The molecule has 3 amide bonds. The summed E-state index contributed by atoms with van der Waals surface area (Å²) in [4.78, 5) is 48.0. The van der Waals surface area contributed by atoms with E-state index in [1.165, 1.54) is 0 Å². The Morgan fingerprint density at radius 3 is 2.47 bits per heavy atom. The fourth-order valence-electron chi connectivity index (χ4n) is 6.90. The molecule has 3 aliphatic heterocycles. The lowest BCUT2D eigenvalue weighted by Gasteiger charge is -2.56. The number of hydrogen-bond donors (Lipinski definition) is 1. The van der Waals surface area contributed by atoms with Crippen LogP contribution in [0.5, 0.6) is 0 Å². The molecule has 43 heavy (non-hydrogen) atoms. The van der Waals surface area contributed by atoms with Gasteiger partial charge in [-0.2, -0.15) is 0 Å². The standard InChI is InChI=1S/C32H41Br2N5O4/c1-22-27(33)18-23(19-28(22)34)21-43-31(42)39-16-11-26(38-15-8-24-6-4-5-7-29(24)35-30(38)41)20-32(39,12-17-40)37-13-9-25(10-14-37)36(2)3/h4-7,17-19,25-26H,8-16,20-21H2,1-3H3,(H,35,41)/t26-,32+/m1/s1. The van der Waals surface area contributed by atoms with Gasteiger partial charge in [0.1, 0.15) is 18.6 Å². The fourth-order valence-corrected chi connectivity index (χ4v) is 8.18. The first-order valence-electron chi connectivity index (χ1n) is 15.0. The highest BCUT2D eigenvalue weighted by Gasteiger charge is 2.51. The van der Waals surface area contributed by atoms with Gasteiger partial charge in [-0.25, -0.2) is 9.59 Å². The second-order valence-electron chi connectivity index (χ2n) is 12.1. The topological polar surface area (TPSA) is 85.4 Å². The fraction of sp³-hybridized carbons (Fsp3) is 0.531. The summed E-state index contributed by atoms with van der Waals surface area (Å²) in [5.41, 5.74) is 3.01. The first-order chi connectivity index (χ1) is 20.6. The average Bonchev–Trinajstić information content (AvgIpc) is 3.16. The van der Waals surface area contributed by atoms with Crippen LogP contribution in [-0.2, 0) is 22.6 Å². The number of piperidine rings is 2. The van der Waals surface area contributed by atoms with E-state index in [2.05, 4.69) is 67.1 Å². The van der Waals surface area contributed by atoms with Gasteiger partial charge < -0.3 is 24.6 Å². The number of para-hydroxylation sites is 1. The van der Waals surface area contributed by atoms with Gasteiger partial charge in [0, 0.05) is 65.7 Å². The summed E-state index contributed by atoms with van der Waals surface area (Å²) >= 11 is 7.17. The number of fused-ring (bicyclic) bond motifs is 1. The molecular formula is C32H41Br2N5O4. The largest absolute Gasteiger partial charge is 0.444 e. The minimum atomic E-state index is -0.882. The highest BCUT2D eigenvalue weighted by molar-refractivity contribution is 9.11. The van der Waals surface area contributed by atoms with Gasteiger partial charge in [-0.3, -0.25) is 9.80 Å². The Kier molecular flexibility index (Phi) is 10.2. The third-order valence-corrected chi connectivity index (χ3v) is 11.1. The van der Waals surface area contributed by atoms with Crippen molar-refractivity contribution in [2.75, 3.05) is 45.6 Å². The van der Waals surface area contributed by atoms with Gasteiger partial charge in [-0.05, 0) is 81.6 Å². The minimum Gasteiger partial charge on any atom is -0.444 e. The number of carbonyl (C=O) groups is 3. The molecule has 3 aliphatic rings. The van der Waals surface area contributed by atoms with Crippen LogP contribution in [0, 0.1) is 6.92 Å². The third kappa shape index (κ3) is 6.79. The summed E-state index contributed by atoms with van der Waals surface area (Å²) < 4.78 is 7.81. The molecule has 9 nitrogen and oxygen atoms in total. The van der Waals surface area contributed by atoms with E-state index in [1.807, 2.05) is 42.2 Å². The number of amides is 3. The lowest BCUT2D eigenvalue weighted by atomic mass is 9.84. The van der Waals surface area contributed by atoms with E-state index in [0.29, 0.717) is 32.0 Å². The average molecular weight is 720 g/mol. The molecule has 0 aliphatic carbocycles. The Hall–Kier alpha value is -2.47. The molecule has 0 unspecified atom stereocenters. The van der Waals surface area contributed by atoms with E-state index in [4.69, 9.17) is 4.74 Å². The minimum absolute atomic E-state index is 0.114. The molecular weight excluding hydrogens is 678 g/mol. The maximum absolute atomic E-state index is 13.9. The first kappa shape index (κ1) is 31.9. The van der Waals surface area contributed by atoms with Gasteiger partial charge in [-0.15, -0.1) is 0 Å². The van der Waals surface area contributed by atoms with Gasteiger partial charge in [0.25, 0.3) is 0 Å². The summed E-state index contributed by atoms with van der Waals surface area (Å²) in [6.07, 6.45) is 4.35.